The van der Waals surface area contributed by atoms with Crippen molar-refractivity contribution in [3.63, 3.8) is 0 Å². The minimum Gasteiger partial charge on any atom is -0.496 e. The number of hydrogen-bond donors (Lipinski definition) is 1. The van der Waals surface area contributed by atoms with Gasteiger partial charge in [0, 0.05) is 6.54 Å². The van der Waals surface area contributed by atoms with Gasteiger partial charge in [-0.05, 0) is 75.9 Å². The molecule has 0 aliphatic carbocycles. The molecule has 1 N–H and O–H groups in total. The van der Waals surface area contributed by atoms with Gasteiger partial charge in [-0.25, -0.2) is 4.98 Å². The second kappa shape index (κ2) is 10.2. The molecule has 0 atom stereocenters. The number of amides is 1. The number of benzene rings is 1. The quantitative estimate of drug-likeness (QED) is 0.595. The van der Waals surface area contributed by atoms with Gasteiger partial charge in [0.25, 0.3) is 5.91 Å². The maximum atomic E-state index is 12.7. The summed E-state index contributed by atoms with van der Waals surface area (Å²) in [6.45, 7) is 10.6. The SMILES string of the molecule is COc1ccc(C(C)C)cc1-c1nc(C)c(C(=O)NCCCCN2CCCC2)s1. The van der Waals surface area contributed by atoms with E-state index in [1.807, 2.05) is 13.0 Å². The van der Waals surface area contributed by atoms with Gasteiger partial charge in [0.1, 0.15) is 15.6 Å². The smallest absolute Gasteiger partial charge is 0.263 e. The molecule has 1 aromatic carbocycles. The van der Waals surface area contributed by atoms with Gasteiger partial charge >= 0.3 is 0 Å². The van der Waals surface area contributed by atoms with Gasteiger partial charge in [0.15, 0.2) is 0 Å². The van der Waals surface area contributed by atoms with Gasteiger partial charge in [-0.2, -0.15) is 0 Å². The van der Waals surface area contributed by atoms with Crippen molar-refractivity contribution in [2.24, 2.45) is 0 Å². The maximum absolute atomic E-state index is 12.7. The number of thiazole rings is 1. The van der Waals surface area contributed by atoms with Crippen molar-refractivity contribution >= 4 is 17.2 Å². The molecule has 1 amide bonds. The Morgan fingerprint density at radius 1 is 1.28 bits per heavy atom. The fraction of sp³-hybridized carbons (Fsp3) is 0.565. The molecule has 6 heteroatoms. The Hall–Kier alpha value is -1.92. The van der Waals surface area contributed by atoms with Crippen LogP contribution in [-0.2, 0) is 0 Å². The number of methoxy groups -OCH3 is 1. The van der Waals surface area contributed by atoms with Crippen LogP contribution in [0.4, 0.5) is 0 Å². The molecule has 3 rings (SSSR count). The number of nitrogens with one attached hydrogen (secondary N) is 1. The highest BCUT2D eigenvalue weighted by atomic mass is 32.1. The molecule has 5 nitrogen and oxygen atoms in total. The number of aromatic nitrogens is 1. The van der Waals surface area contributed by atoms with E-state index in [2.05, 4.69) is 41.2 Å². The molecule has 0 saturated carbocycles. The van der Waals surface area contributed by atoms with E-state index in [1.54, 1.807) is 7.11 Å². The van der Waals surface area contributed by atoms with Gasteiger partial charge in [-0.15, -0.1) is 11.3 Å². The highest BCUT2D eigenvalue weighted by Gasteiger charge is 2.19. The first-order valence-corrected chi connectivity index (χ1v) is 11.5. The lowest BCUT2D eigenvalue weighted by atomic mass is 10.0. The third kappa shape index (κ3) is 5.58. The average Bonchev–Trinajstić information content (AvgIpc) is 3.36. The molecule has 29 heavy (non-hydrogen) atoms. The van der Waals surface area contributed by atoms with E-state index < -0.39 is 0 Å². The molecular weight excluding hydrogens is 382 g/mol. The van der Waals surface area contributed by atoms with Crippen LogP contribution in [-0.4, -0.2) is 49.1 Å². The number of carbonyl (C=O) groups is 1. The maximum Gasteiger partial charge on any atom is 0.263 e. The Morgan fingerprint density at radius 3 is 2.72 bits per heavy atom. The molecule has 1 fully saturated rings. The zero-order valence-corrected chi connectivity index (χ0v) is 18.9. The molecule has 0 radical (unpaired) electrons. The van der Waals surface area contributed by atoms with Crippen LogP contribution in [0.2, 0.25) is 0 Å². The Labute approximate surface area is 178 Å². The van der Waals surface area contributed by atoms with Crippen molar-refractivity contribution < 1.29 is 9.53 Å². The Kier molecular flexibility index (Phi) is 7.67. The molecule has 1 saturated heterocycles. The summed E-state index contributed by atoms with van der Waals surface area (Å²) in [6.07, 6.45) is 4.80. The standard InChI is InChI=1S/C23H33N3O2S/c1-16(2)18-9-10-20(28-4)19(15-18)23-25-17(3)21(29-23)22(27)24-11-5-6-12-26-13-7-8-14-26/h9-10,15-16H,5-8,11-14H2,1-4H3,(H,24,27). The number of carbonyl (C=O) groups excluding carboxylic acids is 1. The Morgan fingerprint density at radius 2 is 2.03 bits per heavy atom. The molecule has 158 valence electrons. The Bertz CT molecular complexity index is 826. The summed E-state index contributed by atoms with van der Waals surface area (Å²) in [5, 5.41) is 3.90. The minimum atomic E-state index is -0.0218. The number of hydrogen-bond acceptors (Lipinski definition) is 5. The topological polar surface area (TPSA) is 54.5 Å². The van der Waals surface area contributed by atoms with Crippen LogP contribution in [0.25, 0.3) is 10.6 Å². The number of rotatable bonds is 9. The van der Waals surface area contributed by atoms with E-state index >= 15 is 0 Å². The van der Waals surface area contributed by atoms with Crippen LogP contribution < -0.4 is 10.1 Å². The average molecular weight is 416 g/mol. The molecular formula is C23H33N3O2S. The van der Waals surface area contributed by atoms with Crippen molar-refractivity contribution in [1.82, 2.24) is 15.2 Å². The number of nitrogens with zero attached hydrogens (tertiary/aromatic N) is 2. The number of ether oxygens (including phenoxy) is 1. The minimum absolute atomic E-state index is 0.0218. The fourth-order valence-electron chi connectivity index (χ4n) is 3.72. The highest BCUT2D eigenvalue weighted by molar-refractivity contribution is 7.17. The zero-order chi connectivity index (χ0) is 20.8. The second-order valence-electron chi connectivity index (χ2n) is 8.06. The van der Waals surface area contributed by atoms with Crippen LogP contribution in [0, 0.1) is 6.92 Å². The third-order valence-corrected chi connectivity index (χ3v) is 6.70. The molecule has 2 heterocycles. The molecule has 2 aromatic rings. The lowest BCUT2D eigenvalue weighted by molar-refractivity contribution is 0.0956. The van der Waals surface area contributed by atoms with Gasteiger partial charge < -0.3 is 15.0 Å². The molecule has 0 unspecified atom stereocenters. The van der Waals surface area contributed by atoms with E-state index in [9.17, 15) is 4.79 Å². The number of likely N-dealkylation sites (tertiary alicyclic amines) is 1. The van der Waals surface area contributed by atoms with Crippen LogP contribution >= 0.6 is 11.3 Å². The van der Waals surface area contributed by atoms with Crippen LogP contribution in [0.1, 0.15) is 66.4 Å². The molecule has 0 spiro atoms. The summed E-state index contributed by atoms with van der Waals surface area (Å²) in [4.78, 5) is 20.6. The van der Waals surface area contributed by atoms with Crippen molar-refractivity contribution in [3.05, 3.63) is 34.3 Å². The summed E-state index contributed by atoms with van der Waals surface area (Å²) in [6, 6.07) is 6.20. The zero-order valence-electron chi connectivity index (χ0n) is 18.1. The highest BCUT2D eigenvalue weighted by Crippen LogP contribution is 2.36. The summed E-state index contributed by atoms with van der Waals surface area (Å²) in [5.41, 5.74) is 2.96. The first-order chi connectivity index (χ1) is 14.0. The molecule has 1 aromatic heterocycles. The second-order valence-corrected chi connectivity index (χ2v) is 9.06. The monoisotopic (exact) mass is 415 g/mol. The fourth-order valence-corrected chi connectivity index (χ4v) is 4.73. The lowest BCUT2D eigenvalue weighted by Crippen LogP contribution is -2.26. The van der Waals surface area contributed by atoms with E-state index in [0.29, 0.717) is 17.3 Å². The normalized spacial score (nSPS) is 14.5. The number of unbranched alkanes of at least 4 members (excludes halogenated alkanes) is 1. The van der Waals surface area contributed by atoms with Gasteiger partial charge in [-0.3, -0.25) is 4.79 Å². The predicted molar refractivity (Wildman–Crippen MR) is 120 cm³/mol. The Balaban J connectivity index is 1.62. The van der Waals surface area contributed by atoms with Gasteiger partial charge in [0.05, 0.1) is 18.4 Å². The summed E-state index contributed by atoms with van der Waals surface area (Å²) in [5.74, 6) is 1.19. The van der Waals surface area contributed by atoms with E-state index in [0.717, 1.165) is 41.4 Å². The molecule has 1 aliphatic heterocycles. The van der Waals surface area contributed by atoms with Crippen molar-refractivity contribution in [2.75, 3.05) is 33.3 Å². The van der Waals surface area contributed by atoms with Crippen LogP contribution in [0.5, 0.6) is 5.75 Å². The van der Waals surface area contributed by atoms with E-state index in [1.165, 1.54) is 42.8 Å². The van der Waals surface area contributed by atoms with E-state index in [-0.39, 0.29) is 5.91 Å². The lowest BCUT2D eigenvalue weighted by Gasteiger charge is -2.13. The predicted octanol–water partition coefficient (Wildman–Crippen LogP) is 4.86. The van der Waals surface area contributed by atoms with Gasteiger partial charge in [-0.1, -0.05) is 19.9 Å². The van der Waals surface area contributed by atoms with Crippen molar-refractivity contribution in [2.45, 2.75) is 52.4 Å². The first-order valence-electron chi connectivity index (χ1n) is 10.7. The molecule has 1 aliphatic rings. The van der Waals surface area contributed by atoms with Crippen molar-refractivity contribution in [1.29, 1.82) is 0 Å². The van der Waals surface area contributed by atoms with Crippen LogP contribution in [0.3, 0.4) is 0 Å². The van der Waals surface area contributed by atoms with E-state index in [4.69, 9.17) is 4.74 Å². The summed E-state index contributed by atoms with van der Waals surface area (Å²) in [7, 11) is 1.67. The first kappa shape index (κ1) is 21.8. The third-order valence-electron chi connectivity index (χ3n) is 5.51. The van der Waals surface area contributed by atoms with Crippen LogP contribution in [0.15, 0.2) is 18.2 Å². The largest absolute Gasteiger partial charge is 0.496 e. The number of aryl methyl sites for hydroxylation is 1. The summed E-state index contributed by atoms with van der Waals surface area (Å²) >= 11 is 1.44. The molecule has 0 bridgehead atoms. The van der Waals surface area contributed by atoms with Gasteiger partial charge in [0.2, 0.25) is 0 Å². The summed E-state index contributed by atoms with van der Waals surface area (Å²) < 4.78 is 5.54. The van der Waals surface area contributed by atoms with Crippen molar-refractivity contribution in [3.8, 4) is 16.3 Å².